The Morgan fingerprint density at radius 1 is 1.24 bits per heavy atom. The molecule has 1 amide bonds. The lowest BCUT2D eigenvalue weighted by atomic mass is 10.2. The third kappa shape index (κ3) is 3.35. The van der Waals surface area contributed by atoms with Gasteiger partial charge in [0.1, 0.15) is 6.54 Å². The molecule has 0 aliphatic rings. The van der Waals surface area contributed by atoms with Gasteiger partial charge in [0.2, 0.25) is 0 Å². The highest BCUT2D eigenvalue weighted by atomic mass is 19.2. The number of halogens is 3. The SMILES string of the molecule is O=C(O)Cn1cc(C(=O)Nc2cc(F)c(F)c(F)c2)nn1. The lowest BCUT2D eigenvalue weighted by Gasteiger charge is -2.04. The first-order valence-corrected chi connectivity index (χ1v) is 5.44. The molecular weight excluding hydrogens is 293 g/mol. The molecule has 0 saturated heterocycles. The van der Waals surface area contributed by atoms with Crippen LogP contribution in [-0.2, 0) is 11.3 Å². The van der Waals surface area contributed by atoms with Crippen molar-refractivity contribution >= 4 is 17.6 Å². The molecule has 2 aromatic rings. The van der Waals surface area contributed by atoms with Crippen LogP contribution in [0.15, 0.2) is 18.3 Å². The van der Waals surface area contributed by atoms with E-state index in [-0.39, 0.29) is 11.4 Å². The first kappa shape index (κ1) is 14.5. The van der Waals surface area contributed by atoms with E-state index in [2.05, 4.69) is 15.6 Å². The summed E-state index contributed by atoms with van der Waals surface area (Å²) in [4.78, 5) is 22.1. The number of amides is 1. The number of carboxylic acids is 1. The number of hydrogen-bond acceptors (Lipinski definition) is 4. The lowest BCUT2D eigenvalue weighted by molar-refractivity contribution is -0.137. The van der Waals surface area contributed by atoms with Crippen molar-refractivity contribution in [2.45, 2.75) is 6.54 Å². The monoisotopic (exact) mass is 300 g/mol. The normalized spacial score (nSPS) is 10.4. The fourth-order valence-corrected chi connectivity index (χ4v) is 1.44. The molecule has 0 bridgehead atoms. The van der Waals surface area contributed by atoms with Crippen LogP contribution >= 0.6 is 0 Å². The Morgan fingerprint density at radius 3 is 2.43 bits per heavy atom. The van der Waals surface area contributed by atoms with Crippen LogP contribution in [0.2, 0.25) is 0 Å². The maximum Gasteiger partial charge on any atom is 0.325 e. The van der Waals surface area contributed by atoms with Gasteiger partial charge in [0, 0.05) is 17.8 Å². The second kappa shape index (κ2) is 5.61. The van der Waals surface area contributed by atoms with Gasteiger partial charge >= 0.3 is 5.97 Å². The van der Waals surface area contributed by atoms with E-state index >= 15 is 0 Å². The predicted octanol–water partition coefficient (Wildman–Crippen LogP) is 1.03. The average molecular weight is 300 g/mol. The van der Waals surface area contributed by atoms with Gasteiger partial charge in [-0.3, -0.25) is 9.59 Å². The summed E-state index contributed by atoms with van der Waals surface area (Å²) in [6.07, 6.45) is 1.04. The fourth-order valence-electron chi connectivity index (χ4n) is 1.44. The van der Waals surface area contributed by atoms with E-state index in [1.807, 2.05) is 0 Å². The number of aromatic nitrogens is 3. The molecule has 0 aliphatic heterocycles. The minimum atomic E-state index is -1.65. The maximum atomic E-state index is 13.0. The molecule has 2 rings (SSSR count). The highest BCUT2D eigenvalue weighted by Gasteiger charge is 2.15. The van der Waals surface area contributed by atoms with E-state index in [1.165, 1.54) is 0 Å². The molecule has 110 valence electrons. The summed E-state index contributed by atoms with van der Waals surface area (Å²) in [6.45, 7) is -0.500. The minimum Gasteiger partial charge on any atom is -0.480 e. The summed E-state index contributed by atoms with van der Waals surface area (Å²) in [5.41, 5.74) is -0.578. The number of anilines is 1. The van der Waals surface area contributed by atoms with Crippen molar-refractivity contribution in [3.8, 4) is 0 Å². The first-order valence-electron chi connectivity index (χ1n) is 5.44. The van der Waals surface area contributed by atoms with Crippen molar-refractivity contribution in [2.75, 3.05) is 5.32 Å². The molecule has 10 heteroatoms. The Hall–Kier alpha value is -2.91. The van der Waals surface area contributed by atoms with E-state index in [0.29, 0.717) is 12.1 Å². The lowest BCUT2D eigenvalue weighted by Crippen LogP contribution is -2.13. The van der Waals surface area contributed by atoms with Crippen LogP contribution in [0.4, 0.5) is 18.9 Å². The van der Waals surface area contributed by atoms with Gasteiger partial charge in [0.25, 0.3) is 5.91 Å². The second-order valence-corrected chi connectivity index (χ2v) is 3.90. The van der Waals surface area contributed by atoms with Gasteiger partial charge in [-0.15, -0.1) is 5.10 Å². The molecular formula is C11H7F3N4O3. The molecule has 1 aromatic heterocycles. The number of aliphatic carboxylic acids is 1. The summed E-state index contributed by atoms with van der Waals surface area (Å²) < 4.78 is 39.6. The highest BCUT2D eigenvalue weighted by Crippen LogP contribution is 2.17. The van der Waals surface area contributed by atoms with Crippen molar-refractivity contribution in [3.63, 3.8) is 0 Å². The minimum absolute atomic E-state index is 0.263. The highest BCUT2D eigenvalue weighted by molar-refractivity contribution is 6.02. The van der Waals surface area contributed by atoms with Crippen LogP contribution in [0.1, 0.15) is 10.5 Å². The van der Waals surface area contributed by atoms with Crippen LogP contribution in [0.25, 0.3) is 0 Å². The molecule has 1 heterocycles. The number of nitrogens with one attached hydrogen (secondary N) is 1. The van der Waals surface area contributed by atoms with E-state index in [9.17, 15) is 22.8 Å². The molecule has 0 saturated carbocycles. The van der Waals surface area contributed by atoms with Crippen LogP contribution < -0.4 is 5.32 Å². The summed E-state index contributed by atoms with van der Waals surface area (Å²) in [5, 5.41) is 17.4. The van der Waals surface area contributed by atoms with Gasteiger partial charge in [-0.1, -0.05) is 5.21 Å². The van der Waals surface area contributed by atoms with Crippen LogP contribution in [-0.4, -0.2) is 32.0 Å². The van der Waals surface area contributed by atoms with Crippen molar-refractivity contribution in [1.82, 2.24) is 15.0 Å². The summed E-state index contributed by atoms with van der Waals surface area (Å²) in [7, 11) is 0. The van der Waals surface area contributed by atoms with E-state index in [4.69, 9.17) is 5.11 Å². The number of rotatable bonds is 4. The Morgan fingerprint density at radius 2 is 1.86 bits per heavy atom. The number of carbonyl (C=O) groups excluding carboxylic acids is 1. The predicted molar refractivity (Wildman–Crippen MR) is 61.9 cm³/mol. The van der Waals surface area contributed by atoms with E-state index in [1.54, 1.807) is 0 Å². The molecule has 2 N–H and O–H groups in total. The molecule has 21 heavy (non-hydrogen) atoms. The summed E-state index contributed by atoms with van der Waals surface area (Å²) in [6, 6.07) is 1.19. The first-order chi connectivity index (χ1) is 9.86. The summed E-state index contributed by atoms with van der Waals surface area (Å²) in [5.74, 6) is -6.63. The molecule has 0 unspecified atom stereocenters. The Bertz CT molecular complexity index is 693. The van der Waals surface area contributed by atoms with Crippen molar-refractivity contribution in [3.05, 3.63) is 41.5 Å². The van der Waals surface area contributed by atoms with Crippen LogP contribution in [0.3, 0.4) is 0 Å². The topological polar surface area (TPSA) is 97.1 Å². The molecule has 0 aliphatic carbocycles. The standard InChI is InChI=1S/C11H7F3N4O3/c12-6-1-5(2-7(13)10(6)14)15-11(21)8-3-18(17-16-8)4-9(19)20/h1-3H,4H2,(H,15,21)(H,19,20). The van der Waals surface area contributed by atoms with Crippen molar-refractivity contribution in [1.29, 1.82) is 0 Å². The van der Waals surface area contributed by atoms with Gasteiger partial charge < -0.3 is 10.4 Å². The van der Waals surface area contributed by atoms with Crippen LogP contribution in [0, 0.1) is 17.5 Å². The number of hydrogen-bond donors (Lipinski definition) is 2. The Labute approximate surface area is 115 Å². The molecule has 0 radical (unpaired) electrons. The molecule has 0 atom stereocenters. The largest absolute Gasteiger partial charge is 0.480 e. The smallest absolute Gasteiger partial charge is 0.325 e. The van der Waals surface area contributed by atoms with Gasteiger partial charge in [-0.2, -0.15) is 0 Å². The van der Waals surface area contributed by atoms with E-state index in [0.717, 1.165) is 10.9 Å². The zero-order chi connectivity index (χ0) is 15.6. The van der Waals surface area contributed by atoms with Crippen molar-refractivity contribution < 1.29 is 27.9 Å². The molecule has 0 spiro atoms. The number of carboxylic acid groups (broad SMARTS) is 1. The molecule has 7 nitrogen and oxygen atoms in total. The van der Waals surface area contributed by atoms with Crippen LogP contribution in [0.5, 0.6) is 0 Å². The molecule has 1 aromatic carbocycles. The third-order valence-electron chi connectivity index (χ3n) is 2.31. The van der Waals surface area contributed by atoms with Gasteiger partial charge in [0.05, 0.1) is 6.20 Å². The maximum absolute atomic E-state index is 13.0. The zero-order valence-electron chi connectivity index (χ0n) is 10.2. The second-order valence-electron chi connectivity index (χ2n) is 3.90. The fraction of sp³-hybridized carbons (Fsp3) is 0.0909. The van der Waals surface area contributed by atoms with Gasteiger partial charge in [-0.25, -0.2) is 17.9 Å². The zero-order valence-corrected chi connectivity index (χ0v) is 10.2. The van der Waals surface area contributed by atoms with Crippen molar-refractivity contribution in [2.24, 2.45) is 0 Å². The number of carbonyl (C=O) groups is 2. The Balaban J connectivity index is 2.14. The quantitative estimate of drug-likeness (QED) is 0.822. The van der Waals surface area contributed by atoms with Gasteiger partial charge in [-0.05, 0) is 0 Å². The third-order valence-corrected chi connectivity index (χ3v) is 2.31. The Kier molecular flexibility index (Phi) is 3.87. The van der Waals surface area contributed by atoms with Gasteiger partial charge in [0.15, 0.2) is 23.1 Å². The number of nitrogens with zero attached hydrogens (tertiary/aromatic N) is 3. The average Bonchev–Trinajstić information content (AvgIpc) is 2.83. The van der Waals surface area contributed by atoms with E-state index < -0.39 is 35.9 Å². The number of benzene rings is 1. The molecule has 0 fully saturated rings. The summed E-state index contributed by atoms with van der Waals surface area (Å²) >= 11 is 0.